The van der Waals surface area contributed by atoms with Crippen molar-refractivity contribution in [1.29, 1.82) is 0 Å². The summed E-state index contributed by atoms with van der Waals surface area (Å²) in [6, 6.07) is 16.5. The third-order valence-electron chi connectivity index (χ3n) is 3.71. The SMILES string of the molecule is O=C(CCCOc1ccccc1)NCc1nc(-c2ccc(O)cc2)cs1. The molecular weight excluding hydrogens is 348 g/mol. The molecule has 1 amide bonds. The molecule has 1 heterocycles. The van der Waals surface area contributed by atoms with Gasteiger partial charge in [-0.2, -0.15) is 0 Å². The van der Waals surface area contributed by atoms with Crippen LogP contribution in [0.5, 0.6) is 11.5 Å². The van der Waals surface area contributed by atoms with E-state index >= 15 is 0 Å². The number of hydrogen-bond donors (Lipinski definition) is 2. The maximum atomic E-state index is 11.9. The molecule has 0 saturated heterocycles. The molecule has 0 spiro atoms. The zero-order valence-electron chi connectivity index (χ0n) is 14.2. The van der Waals surface area contributed by atoms with Crippen molar-refractivity contribution in [3.63, 3.8) is 0 Å². The number of nitrogens with one attached hydrogen (secondary N) is 1. The molecule has 3 rings (SSSR count). The summed E-state index contributed by atoms with van der Waals surface area (Å²) in [5.41, 5.74) is 1.78. The monoisotopic (exact) mass is 368 g/mol. The molecule has 2 aromatic carbocycles. The van der Waals surface area contributed by atoms with Crippen LogP contribution in [0.3, 0.4) is 0 Å². The van der Waals surface area contributed by atoms with Gasteiger partial charge in [0.2, 0.25) is 5.91 Å². The minimum atomic E-state index is -0.0111. The summed E-state index contributed by atoms with van der Waals surface area (Å²) < 4.78 is 5.57. The Morgan fingerprint density at radius 1 is 1.12 bits per heavy atom. The highest BCUT2D eigenvalue weighted by atomic mass is 32.1. The van der Waals surface area contributed by atoms with Gasteiger partial charge in [0, 0.05) is 17.4 Å². The first-order valence-electron chi connectivity index (χ1n) is 8.39. The van der Waals surface area contributed by atoms with Crippen LogP contribution in [0.1, 0.15) is 17.8 Å². The Morgan fingerprint density at radius 2 is 1.88 bits per heavy atom. The number of hydrogen-bond acceptors (Lipinski definition) is 5. The zero-order chi connectivity index (χ0) is 18.2. The van der Waals surface area contributed by atoms with Gasteiger partial charge in [0.1, 0.15) is 16.5 Å². The first kappa shape index (κ1) is 17.9. The number of aromatic nitrogens is 1. The van der Waals surface area contributed by atoms with Crippen molar-refractivity contribution < 1.29 is 14.6 Å². The van der Waals surface area contributed by atoms with Crippen molar-refractivity contribution in [2.45, 2.75) is 19.4 Å². The lowest BCUT2D eigenvalue weighted by Gasteiger charge is -2.06. The summed E-state index contributed by atoms with van der Waals surface area (Å²) in [5.74, 6) is 1.04. The summed E-state index contributed by atoms with van der Waals surface area (Å²) in [7, 11) is 0. The van der Waals surface area contributed by atoms with Crippen LogP contribution in [0, 0.1) is 0 Å². The number of aromatic hydroxyl groups is 1. The van der Waals surface area contributed by atoms with Gasteiger partial charge in [-0.05, 0) is 42.8 Å². The fourth-order valence-electron chi connectivity index (χ4n) is 2.36. The molecule has 1 aromatic heterocycles. The van der Waals surface area contributed by atoms with E-state index in [2.05, 4.69) is 10.3 Å². The van der Waals surface area contributed by atoms with Gasteiger partial charge in [-0.3, -0.25) is 4.79 Å². The third-order valence-corrected chi connectivity index (χ3v) is 4.56. The molecule has 0 bridgehead atoms. The Kier molecular flexibility index (Phi) is 6.22. The third kappa shape index (κ3) is 5.32. The minimum absolute atomic E-state index is 0.0111. The van der Waals surface area contributed by atoms with E-state index in [0.29, 0.717) is 26.0 Å². The maximum absolute atomic E-state index is 11.9. The molecule has 0 atom stereocenters. The number of phenolic OH excluding ortho intramolecular Hbond substituents is 1. The first-order chi connectivity index (χ1) is 12.7. The fraction of sp³-hybridized carbons (Fsp3) is 0.200. The van der Waals surface area contributed by atoms with E-state index in [9.17, 15) is 9.90 Å². The minimum Gasteiger partial charge on any atom is -0.508 e. The summed E-state index contributed by atoms with van der Waals surface area (Å²) in [4.78, 5) is 16.4. The van der Waals surface area contributed by atoms with Gasteiger partial charge >= 0.3 is 0 Å². The molecule has 134 valence electrons. The molecule has 0 unspecified atom stereocenters. The van der Waals surface area contributed by atoms with Gasteiger partial charge in [0.25, 0.3) is 0 Å². The first-order valence-corrected chi connectivity index (χ1v) is 9.27. The van der Waals surface area contributed by atoms with Crippen molar-refractivity contribution in [3.8, 4) is 22.8 Å². The lowest BCUT2D eigenvalue weighted by molar-refractivity contribution is -0.121. The van der Waals surface area contributed by atoms with Crippen LogP contribution in [0.25, 0.3) is 11.3 Å². The van der Waals surface area contributed by atoms with Crippen LogP contribution in [0.2, 0.25) is 0 Å². The number of thiazole rings is 1. The largest absolute Gasteiger partial charge is 0.508 e. The molecular formula is C20H20N2O3S. The van der Waals surface area contributed by atoms with Gasteiger partial charge in [-0.25, -0.2) is 4.98 Å². The predicted octanol–water partition coefficient (Wildman–Crippen LogP) is 3.99. The Balaban J connectivity index is 1.38. The molecule has 0 aliphatic rings. The van der Waals surface area contributed by atoms with Gasteiger partial charge < -0.3 is 15.2 Å². The Labute approximate surface area is 156 Å². The van der Waals surface area contributed by atoms with E-state index in [-0.39, 0.29) is 11.7 Å². The zero-order valence-corrected chi connectivity index (χ0v) is 15.0. The summed E-state index contributed by atoms with van der Waals surface area (Å²) in [6.45, 7) is 0.931. The Morgan fingerprint density at radius 3 is 2.65 bits per heavy atom. The summed E-state index contributed by atoms with van der Waals surface area (Å²) in [6.07, 6.45) is 1.08. The Hall–Kier alpha value is -2.86. The van der Waals surface area contributed by atoms with Gasteiger partial charge in [0.05, 0.1) is 18.8 Å². The van der Waals surface area contributed by atoms with Crippen molar-refractivity contribution in [3.05, 3.63) is 65.0 Å². The van der Waals surface area contributed by atoms with E-state index in [1.807, 2.05) is 47.8 Å². The predicted molar refractivity (Wildman–Crippen MR) is 102 cm³/mol. The average molecular weight is 368 g/mol. The van der Waals surface area contributed by atoms with Crippen LogP contribution in [-0.4, -0.2) is 22.6 Å². The number of carbonyl (C=O) groups is 1. The topological polar surface area (TPSA) is 71.5 Å². The molecule has 26 heavy (non-hydrogen) atoms. The lowest BCUT2D eigenvalue weighted by Crippen LogP contribution is -2.22. The number of nitrogens with zero attached hydrogens (tertiary/aromatic N) is 1. The van der Waals surface area contributed by atoms with E-state index in [1.165, 1.54) is 11.3 Å². The number of phenols is 1. The Bertz CT molecular complexity index is 832. The molecule has 0 radical (unpaired) electrons. The fourth-order valence-corrected chi connectivity index (χ4v) is 3.10. The van der Waals surface area contributed by atoms with Crippen molar-refractivity contribution in [1.82, 2.24) is 10.3 Å². The second-order valence-electron chi connectivity index (χ2n) is 5.72. The van der Waals surface area contributed by atoms with E-state index in [1.54, 1.807) is 12.1 Å². The van der Waals surface area contributed by atoms with E-state index in [0.717, 1.165) is 22.0 Å². The molecule has 5 nitrogen and oxygen atoms in total. The molecule has 0 saturated carbocycles. The van der Waals surface area contributed by atoms with E-state index < -0.39 is 0 Å². The normalized spacial score (nSPS) is 10.5. The van der Waals surface area contributed by atoms with E-state index in [4.69, 9.17) is 4.74 Å². The van der Waals surface area contributed by atoms with Crippen LogP contribution in [-0.2, 0) is 11.3 Å². The van der Waals surface area contributed by atoms with Crippen LogP contribution >= 0.6 is 11.3 Å². The standard InChI is InChI=1S/C20H20N2O3S/c23-16-10-8-15(9-11-16)18-14-26-20(22-18)13-21-19(24)7-4-12-25-17-5-2-1-3-6-17/h1-3,5-6,8-11,14,23H,4,7,12-13H2,(H,21,24). The van der Waals surface area contributed by atoms with Crippen molar-refractivity contribution >= 4 is 17.2 Å². The van der Waals surface area contributed by atoms with Gasteiger partial charge in [-0.15, -0.1) is 11.3 Å². The van der Waals surface area contributed by atoms with Crippen molar-refractivity contribution in [2.24, 2.45) is 0 Å². The van der Waals surface area contributed by atoms with Gasteiger partial charge in [0.15, 0.2) is 0 Å². The number of benzene rings is 2. The smallest absolute Gasteiger partial charge is 0.220 e. The average Bonchev–Trinajstić information content (AvgIpc) is 3.14. The highest BCUT2D eigenvalue weighted by Gasteiger charge is 2.07. The molecule has 0 aliphatic carbocycles. The van der Waals surface area contributed by atoms with Crippen molar-refractivity contribution in [2.75, 3.05) is 6.61 Å². The molecule has 2 N–H and O–H groups in total. The van der Waals surface area contributed by atoms with Crippen LogP contribution in [0.15, 0.2) is 60.0 Å². The highest BCUT2D eigenvalue weighted by molar-refractivity contribution is 7.09. The number of ether oxygens (including phenoxy) is 1. The molecule has 6 heteroatoms. The number of amides is 1. The number of rotatable bonds is 8. The highest BCUT2D eigenvalue weighted by Crippen LogP contribution is 2.23. The number of carbonyl (C=O) groups excluding carboxylic acids is 1. The summed E-state index contributed by atoms with van der Waals surface area (Å²) >= 11 is 1.50. The molecule has 0 aliphatic heterocycles. The molecule has 3 aromatic rings. The number of para-hydroxylation sites is 1. The second kappa shape index (κ2) is 9.01. The molecule has 0 fully saturated rings. The lowest BCUT2D eigenvalue weighted by atomic mass is 10.2. The van der Waals surface area contributed by atoms with Crippen LogP contribution in [0.4, 0.5) is 0 Å². The summed E-state index contributed by atoms with van der Waals surface area (Å²) in [5, 5.41) is 15.0. The second-order valence-corrected chi connectivity index (χ2v) is 6.66. The van der Waals surface area contributed by atoms with Crippen LogP contribution < -0.4 is 10.1 Å². The quantitative estimate of drug-likeness (QED) is 0.590. The maximum Gasteiger partial charge on any atom is 0.220 e. The van der Waals surface area contributed by atoms with Gasteiger partial charge in [-0.1, -0.05) is 18.2 Å².